The Morgan fingerprint density at radius 2 is 2.19 bits per heavy atom. The molecular weight excluding hydrogens is 260 g/mol. The summed E-state index contributed by atoms with van der Waals surface area (Å²) in [6, 6.07) is 2.27. The average Bonchev–Trinajstić information content (AvgIpc) is 2.42. The Hall–Kier alpha value is -1.13. The van der Waals surface area contributed by atoms with Crippen LogP contribution in [0, 0.1) is 12.8 Å². The molecule has 1 heterocycles. The number of aryl methyl sites for hydroxylation is 1. The lowest BCUT2D eigenvalue weighted by Crippen LogP contribution is -2.55. The summed E-state index contributed by atoms with van der Waals surface area (Å²) in [6.07, 6.45) is 6.79. The van der Waals surface area contributed by atoms with Crippen LogP contribution in [0.15, 0.2) is 12.3 Å². The Bertz CT molecular complexity index is 465. The molecule has 3 N–H and O–H groups in total. The van der Waals surface area contributed by atoms with E-state index in [1.54, 1.807) is 6.20 Å². The molecule has 1 saturated carbocycles. The van der Waals surface area contributed by atoms with E-state index in [1.165, 1.54) is 36.8 Å². The molecule has 1 aromatic heterocycles. The van der Waals surface area contributed by atoms with E-state index in [1.807, 2.05) is 7.05 Å². The third-order valence-electron chi connectivity index (χ3n) is 5.25. The summed E-state index contributed by atoms with van der Waals surface area (Å²) >= 11 is 0. The average molecular weight is 290 g/mol. The zero-order valence-electron chi connectivity index (χ0n) is 14.1. The lowest BCUT2D eigenvalue weighted by atomic mass is 9.69. The number of pyridine rings is 1. The number of hydrogen-bond acceptors (Lipinski definition) is 4. The third-order valence-corrected chi connectivity index (χ3v) is 5.25. The van der Waals surface area contributed by atoms with Gasteiger partial charge in [-0.25, -0.2) is 4.98 Å². The number of nitrogens with zero attached hydrogens (tertiary/aromatic N) is 2. The van der Waals surface area contributed by atoms with Crippen molar-refractivity contribution < 1.29 is 0 Å². The van der Waals surface area contributed by atoms with Crippen molar-refractivity contribution in [3.8, 4) is 0 Å². The Labute approximate surface area is 129 Å². The summed E-state index contributed by atoms with van der Waals surface area (Å²) in [5.74, 6) is 1.41. The van der Waals surface area contributed by atoms with Crippen LogP contribution in [0.25, 0.3) is 0 Å². The van der Waals surface area contributed by atoms with Crippen LogP contribution in [0.2, 0.25) is 0 Å². The summed E-state index contributed by atoms with van der Waals surface area (Å²) in [5.41, 5.74) is 8.73. The van der Waals surface area contributed by atoms with Crippen molar-refractivity contribution in [3.05, 3.63) is 23.4 Å². The molecule has 1 aliphatic carbocycles. The highest BCUT2D eigenvalue weighted by Gasteiger charge is 2.44. The molecule has 0 spiro atoms. The molecule has 2 rings (SSSR count). The maximum Gasteiger partial charge on any atom is 0.128 e. The van der Waals surface area contributed by atoms with Crippen molar-refractivity contribution in [2.24, 2.45) is 5.92 Å². The first kappa shape index (κ1) is 16.2. The molecule has 0 saturated heterocycles. The molecule has 0 bridgehead atoms. The monoisotopic (exact) mass is 290 g/mol. The summed E-state index contributed by atoms with van der Waals surface area (Å²) in [5, 5.41) is 3.55. The molecule has 4 nitrogen and oxygen atoms in total. The van der Waals surface area contributed by atoms with E-state index in [0.717, 1.165) is 5.92 Å². The highest BCUT2D eigenvalue weighted by Crippen LogP contribution is 2.45. The van der Waals surface area contributed by atoms with Gasteiger partial charge in [0.15, 0.2) is 0 Å². The minimum absolute atomic E-state index is 0.105. The lowest BCUT2D eigenvalue weighted by Gasteiger charge is -2.50. The van der Waals surface area contributed by atoms with E-state index in [4.69, 9.17) is 5.73 Å². The Balaban J connectivity index is 2.50. The molecular formula is C17H30N4. The van der Waals surface area contributed by atoms with Gasteiger partial charge in [-0.3, -0.25) is 0 Å². The number of nitrogens with two attached hydrogens (primary N) is 1. The van der Waals surface area contributed by atoms with Gasteiger partial charge in [0.1, 0.15) is 5.82 Å². The van der Waals surface area contributed by atoms with Crippen molar-refractivity contribution in [1.82, 2.24) is 15.2 Å². The standard InChI is InChI=1S/C17H30N4/c1-12-7-6-9-17(11-12,21(4)5)15(19-3)14-13(2)8-10-20-16(14)18/h8,10,12,15,19H,6-7,9,11H2,1-5H3,(H2,18,20). The topological polar surface area (TPSA) is 54.2 Å². The predicted octanol–water partition coefficient (Wildman–Crippen LogP) is 2.74. The summed E-state index contributed by atoms with van der Waals surface area (Å²) < 4.78 is 0. The van der Waals surface area contributed by atoms with Gasteiger partial charge in [0.05, 0.1) is 6.04 Å². The first-order valence-electron chi connectivity index (χ1n) is 7.98. The van der Waals surface area contributed by atoms with Crippen LogP contribution < -0.4 is 11.1 Å². The van der Waals surface area contributed by atoms with Gasteiger partial charge >= 0.3 is 0 Å². The molecule has 118 valence electrons. The molecule has 4 heteroatoms. The first-order valence-corrected chi connectivity index (χ1v) is 7.98. The fourth-order valence-corrected chi connectivity index (χ4v) is 4.14. The van der Waals surface area contributed by atoms with Crippen molar-refractivity contribution in [2.75, 3.05) is 26.9 Å². The number of aromatic nitrogens is 1. The number of rotatable bonds is 4. The second kappa shape index (κ2) is 6.32. The van der Waals surface area contributed by atoms with Crippen LogP contribution in [0.1, 0.15) is 49.8 Å². The van der Waals surface area contributed by atoms with Crippen molar-refractivity contribution in [3.63, 3.8) is 0 Å². The maximum absolute atomic E-state index is 6.23. The fourth-order valence-electron chi connectivity index (χ4n) is 4.14. The number of nitrogens with one attached hydrogen (secondary N) is 1. The SMILES string of the molecule is CNC(c1c(C)ccnc1N)C1(N(C)C)CCCC(C)C1. The van der Waals surface area contributed by atoms with Crippen molar-refractivity contribution in [2.45, 2.75) is 51.1 Å². The molecule has 1 aliphatic rings. The Kier molecular flexibility index (Phi) is 4.89. The van der Waals surface area contributed by atoms with Gasteiger partial charge in [-0.15, -0.1) is 0 Å². The molecule has 0 amide bonds. The zero-order valence-corrected chi connectivity index (χ0v) is 14.1. The van der Waals surface area contributed by atoms with Crippen LogP contribution in [0.4, 0.5) is 5.82 Å². The number of anilines is 1. The van der Waals surface area contributed by atoms with E-state index in [-0.39, 0.29) is 11.6 Å². The minimum atomic E-state index is 0.105. The Morgan fingerprint density at radius 3 is 2.71 bits per heavy atom. The Morgan fingerprint density at radius 1 is 1.48 bits per heavy atom. The number of nitrogen functional groups attached to an aromatic ring is 1. The van der Waals surface area contributed by atoms with Crippen LogP contribution >= 0.6 is 0 Å². The fraction of sp³-hybridized carbons (Fsp3) is 0.706. The maximum atomic E-state index is 6.23. The van der Waals surface area contributed by atoms with Crippen LogP contribution in [0.3, 0.4) is 0 Å². The highest BCUT2D eigenvalue weighted by molar-refractivity contribution is 5.47. The van der Waals surface area contributed by atoms with Crippen LogP contribution in [-0.2, 0) is 0 Å². The molecule has 1 aromatic rings. The van der Waals surface area contributed by atoms with Crippen LogP contribution in [0.5, 0.6) is 0 Å². The molecule has 3 atom stereocenters. The second-order valence-electron chi connectivity index (χ2n) is 6.85. The molecule has 1 fully saturated rings. The lowest BCUT2D eigenvalue weighted by molar-refractivity contribution is 0.0392. The number of likely N-dealkylation sites (N-methyl/N-ethyl adjacent to an activating group) is 2. The van der Waals surface area contributed by atoms with Crippen molar-refractivity contribution in [1.29, 1.82) is 0 Å². The molecule has 3 unspecified atom stereocenters. The predicted molar refractivity (Wildman–Crippen MR) is 89.2 cm³/mol. The smallest absolute Gasteiger partial charge is 0.128 e. The largest absolute Gasteiger partial charge is 0.383 e. The molecule has 21 heavy (non-hydrogen) atoms. The van der Waals surface area contributed by atoms with Gasteiger partial charge in [-0.05, 0) is 58.5 Å². The number of hydrogen-bond donors (Lipinski definition) is 2. The molecule has 0 aliphatic heterocycles. The van der Waals surface area contributed by atoms with E-state index < -0.39 is 0 Å². The summed E-state index contributed by atoms with van der Waals surface area (Å²) in [7, 11) is 6.44. The normalized spacial score (nSPS) is 27.8. The minimum Gasteiger partial charge on any atom is -0.383 e. The highest BCUT2D eigenvalue weighted by atomic mass is 15.2. The van der Waals surface area contributed by atoms with Gasteiger partial charge in [0, 0.05) is 17.3 Å². The van der Waals surface area contributed by atoms with E-state index in [9.17, 15) is 0 Å². The first-order chi connectivity index (χ1) is 9.92. The molecule has 0 aromatic carbocycles. The summed E-state index contributed by atoms with van der Waals surface area (Å²) in [6.45, 7) is 4.50. The van der Waals surface area contributed by atoms with Gasteiger partial charge in [-0.1, -0.05) is 19.8 Å². The third kappa shape index (κ3) is 2.92. The van der Waals surface area contributed by atoms with E-state index in [2.05, 4.69) is 49.2 Å². The van der Waals surface area contributed by atoms with Gasteiger partial charge in [0.25, 0.3) is 0 Å². The zero-order chi connectivity index (χ0) is 15.6. The quantitative estimate of drug-likeness (QED) is 0.895. The van der Waals surface area contributed by atoms with E-state index >= 15 is 0 Å². The second-order valence-corrected chi connectivity index (χ2v) is 6.85. The van der Waals surface area contributed by atoms with Crippen molar-refractivity contribution >= 4 is 5.82 Å². The summed E-state index contributed by atoms with van der Waals surface area (Å²) in [4.78, 5) is 6.73. The van der Waals surface area contributed by atoms with E-state index in [0.29, 0.717) is 5.82 Å². The molecule has 0 radical (unpaired) electrons. The van der Waals surface area contributed by atoms with Gasteiger partial charge in [0.2, 0.25) is 0 Å². The van der Waals surface area contributed by atoms with Crippen LogP contribution in [-0.4, -0.2) is 36.6 Å². The van der Waals surface area contributed by atoms with Gasteiger partial charge in [-0.2, -0.15) is 0 Å². The van der Waals surface area contributed by atoms with Gasteiger partial charge < -0.3 is 16.0 Å².